The molecule has 31 heavy (non-hydrogen) atoms. The molecule has 1 saturated heterocycles. The van der Waals surface area contributed by atoms with Crippen molar-refractivity contribution in [3.05, 3.63) is 60.2 Å². The number of nitrogens with zero attached hydrogens (tertiary/aromatic N) is 3. The van der Waals surface area contributed by atoms with E-state index in [9.17, 15) is 0 Å². The van der Waals surface area contributed by atoms with Crippen molar-refractivity contribution in [2.75, 3.05) is 25.9 Å². The summed E-state index contributed by atoms with van der Waals surface area (Å²) in [6, 6.07) is 15.3. The molecular weight excluding hydrogens is 548 g/mol. The fraction of sp³-hybridized carbons (Fsp3) is 0.375. The Morgan fingerprint density at radius 1 is 0.871 bits per heavy atom. The zero-order chi connectivity index (χ0) is 21.1. The first-order valence-electron chi connectivity index (χ1n) is 9.15. The molecule has 0 amide bonds. The molecule has 0 aliphatic carbocycles. The van der Waals surface area contributed by atoms with Crippen molar-refractivity contribution in [2.24, 2.45) is 13.5 Å². The van der Waals surface area contributed by atoms with Gasteiger partial charge >= 0.3 is 23.1 Å². The van der Waals surface area contributed by atoms with Crippen LogP contribution in [0, 0.1) is 0 Å². The third-order valence-corrected chi connectivity index (χ3v) is 15.0. The van der Waals surface area contributed by atoms with Gasteiger partial charge in [-0.2, -0.15) is 44.3 Å². The summed E-state index contributed by atoms with van der Waals surface area (Å²) in [6.07, 6.45) is 0.972. The summed E-state index contributed by atoms with van der Waals surface area (Å²) in [6.45, 7) is 0.547. The van der Waals surface area contributed by atoms with Crippen molar-refractivity contribution in [2.45, 2.75) is 12.6 Å². The predicted molar refractivity (Wildman–Crippen MR) is 121 cm³/mol. The van der Waals surface area contributed by atoms with Gasteiger partial charge in [0.25, 0.3) is 0 Å². The molecule has 174 valence electrons. The summed E-state index contributed by atoms with van der Waals surface area (Å²) in [5.74, 6) is 0. The van der Waals surface area contributed by atoms with Crippen molar-refractivity contribution >= 4 is 41.0 Å². The molecule has 3 unspecified atom stereocenters. The fourth-order valence-corrected chi connectivity index (χ4v) is 15.3. The van der Waals surface area contributed by atoms with E-state index in [1.54, 1.807) is 0 Å². The zero-order valence-electron chi connectivity index (χ0n) is 16.2. The molecule has 3 heterocycles. The molecule has 3 aliphatic rings. The van der Waals surface area contributed by atoms with Gasteiger partial charge in [0.15, 0.2) is 0 Å². The Kier molecular flexibility index (Phi) is 8.91. The molecule has 2 bridgehead atoms. The van der Waals surface area contributed by atoms with Gasteiger partial charge in [-0.1, -0.05) is 11.8 Å². The van der Waals surface area contributed by atoms with Gasteiger partial charge in [-0.3, -0.25) is 9.05 Å². The second kappa shape index (κ2) is 10.7. The van der Waals surface area contributed by atoms with E-state index in [1.807, 2.05) is 54.6 Å². The third kappa shape index (κ3) is 6.88. The Morgan fingerprint density at radius 3 is 2.00 bits per heavy atom. The van der Waals surface area contributed by atoms with E-state index in [4.69, 9.17) is 29.9 Å². The Balaban J connectivity index is 0.000000401. The van der Waals surface area contributed by atoms with E-state index in [2.05, 4.69) is 13.5 Å². The number of hydrogen-bond acceptors (Lipinski definition) is 8. The van der Waals surface area contributed by atoms with E-state index >= 15 is 8.39 Å². The van der Waals surface area contributed by atoms with Crippen LogP contribution in [0.1, 0.15) is 12.0 Å². The average Bonchev–Trinajstić information content (AvgIpc) is 3.41. The molecule has 0 saturated carbocycles. The molecule has 0 radical (unpaired) electrons. The molecule has 2 aromatic carbocycles. The van der Waals surface area contributed by atoms with Gasteiger partial charge < -0.3 is 9.05 Å². The average molecular weight is 569 g/mol. The topological polar surface area (TPSA) is 74.0 Å². The van der Waals surface area contributed by atoms with E-state index < -0.39 is 29.2 Å². The van der Waals surface area contributed by atoms with Gasteiger partial charge in [0.1, 0.15) is 0 Å². The maximum atomic E-state index is 15.2. The molecular formula is C16H21F2FeN3O4P4S-2. The van der Waals surface area contributed by atoms with Crippen LogP contribution in [0.5, 0.6) is 0 Å². The molecule has 5 rings (SSSR count). The van der Waals surface area contributed by atoms with Gasteiger partial charge in [0.2, 0.25) is 0 Å². The van der Waals surface area contributed by atoms with Crippen LogP contribution in [0.3, 0.4) is 0 Å². The second-order valence-corrected chi connectivity index (χ2v) is 18.0. The maximum absolute atomic E-state index is 15.2. The van der Waals surface area contributed by atoms with Crippen LogP contribution in [0.4, 0.5) is 8.39 Å². The predicted octanol–water partition coefficient (Wildman–Crippen LogP) is 7.98. The summed E-state index contributed by atoms with van der Waals surface area (Å²) >= 11 is 5.66. The molecule has 7 nitrogen and oxygen atoms in total. The monoisotopic (exact) mass is 569 g/mol. The molecule has 1 fully saturated rings. The first-order valence-corrected chi connectivity index (χ1v) is 17.0. The minimum Gasteiger partial charge on any atom is -0.306 e. The molecule has 3 aliphatic heterocycles. The molecule has 15 heteroatoms. The van der Waals surface area contributed by atoms with Gasteiger partial charge in [-0.05, 0) is 12.6 Å². The molecule has 0 N–H and O–H groups in total. The molecule has 2 aromatic rings. The standard InChI is InChI=1S/C11H16F2N3O4P4S.C5H5.Fe/c12-22-14-23(13,16-24(15-22)17-6-3-7-18-24)20-10-21(25,9-19-22)8-11-4-1-2-5-11;1-2-4-5-3-1;/h1-2,4-5H,3,6-10H2;1-5H;/q2*-1;. The maximum Gasteiger partial charge on any atom is 0.387 e. The van der Waals surface area contributed by atoms with E-state index in [0.717, 1.165) is 5.56 Å². The van der Waals surface area contributed by atoms with Gasteiger partial charge in [-0.25, -0.2) is 24.3 Å². The quantitative estimate of drug-likeness (QED) is 0.208. The zero-order valence-corrected chi connectivity index (χ0v) is 21.7. The minimum absolute atomic E-state index is 0. The van der Waals surface area contributed by atoms with Crippen LogP contribution in [-0.4, -0.2) is 25.9 Å². The Bertz CT molecular complexity index is 1040. The number of fused-ring (bicyclic) bond motifs is 1. The van der Waals surface area contributed by atoms with Crippen LogP contribution in [0.2, 0.25) is 0 Å². The summed E-state index contributed by atoms with van der Waals surface area (Å²) in [4.78, 5) is 0. The van der Waals surface area contributed by atoms with Gasteiger partial charge in [0.05, 0.1) is 25.9 Å². The van der Waals surface area contributed by atoms with Crippen LogP contribution >= 0.6 is 29.2 Å². The summed E-state index contributed by atoms with van der Waals surface area (Å²) in [5.41, 5.74) is 0.993. The van der Waals surface area contributed by atoms with E-state index in [-0.39, 0.29) is 43.0 Å². The van der Waals surface area contributed by atoms with Gasteiger partial charge in [0, 0.05) is 23.1 Å². The smallest absolute Gasteiger partial charge is 0.306 e. The normalized spacial score (nSPS) is 33.7. The van der Waals surface area contributed by atoms with Crippen molar-refractivity contribution in [1.82, 2.24) is 0 Å². The first kappa shape index (κ1) is 25.9. The van der Waals surface area contributed by atoms with Crippen molar-refractivity contribution in [3.8, 4) is 0 Å². The molecule has 3 atom stereocenters. The van der Waals surface area contributed by atoms with Crippen LogP contribution in [-0.2, 0) is 53.1 Å². The third-order valence-electron chi connectivity index (χ3n) is 4.15. The minimum atomic E-state index is -4.29. The van der Waals surface area contributed by atoms with Gasteiger partial charge in [-0.15, -0.1) is 13.5 Å². The summed E-state index contributed by atoms with van der Waals surface area (Å²) in [5, 5.41) is 0. The summed E-state index contributed by atoms with van der Waals surface area (Å²) in [7, 11) is -12.0. The largest absolute Gasteiger partial charge is 0.387 e. The van der Waals surface area contributed by atoms with E-state index in [1.165, 1.54) is 0 Å². The van der Waals surface area contributed by atoms with Crippen molar-refractivity contribution < 1.29 is 43.6 Å². The van der Waals surface area contributed by atoms with Crippen LogP contribution in [0.25, 0.3) is 0 Å². The number of hydrogen-bond donors (Lipinski definition) is 0. The second-order valence-electron chi connectivity index (χ2n) is 6.71. The first-order chi connectivity index (χ1) is 14.3. The fourth-order valence-electron chi connectivity index (χ4n) is 2.80. The molecule has 1 spiro atoms. The Morgan fingerprint density at radius 2 is 1.45 bits per heavy atom. The molecule has 0 aromatic heterocycles. The van der Waals surface area contributed by atoms with Crippen LogP contribution in [0.15, 0.2) is 68.1 Å². The van der Waals surface area contributed by atoms with Crippen LogP contribution < -0.4 is 0 Å². The number of halogens is 2. The Hall–Kier alpha value is 0.259. The number of rotatable bonds is 2. The van der Waals surface area contributed by atoms with Crippen molar-refractivity contribution in [3.63, 3.8) is 0 Å². The summed E-state index contributed by atoms with van der Waals surface area (Å²) < 4.78 is 63.1. The SMILES string of the molecule is FP12=NP(F)(=NP3(=N1)OCCCO3)OCP(=S)(C[c-]1cccc1)CO2.[Fe].c1cc[cH-]c1. The Labute approximate surface area is 196 Å². The van der Waals surface area contributed by atoms with Crippen molar-refractivity contribution in [1.29, 1.82) is 0 Å². The van der Waals surface area contributed by atoms with E-state index in [0.29, 0.717) is 12.6 Å².